The van der Waals surface area contributed by atoms with Crippen LogP contribution in [-0.4, -0.2) is 10.1 Å². The van der Waals surface area contributed by atoms with Crippen molar-refractivity contribution in [1.29, 1.82) is 0 Å². The van der Waals surface area contributed by atoms with Gasteiger partial charge in [-0.3, -0.25) is 0 Å². The van der Waals surface area contributed by atoms with Gasteiger partial charge < -0.3 is 10.8 Å². The van der Waals surface area contributed by atoms with Crippen molar-refractivity contribution in [2.45, 2.75) is 51.0 Å². The molecule has 0 aliphatic heterocycles. The summed E-state index contributed by atoms with van der Waals surface area (Å²) in [7, 11) is 0. The monoisotopic (exact) mass is 274 g/mol. The number of aliphatic hydroxyl groups is 1. The van der Waals surface area contributed by atoms with Crippen molar-refractivity contribution in [2.75, 3.05) is 5.73 Å². The molecular formula is C15H18N2OS. The Morgan fingerprint density at radius 2 is 2.00 bits per heavy atom. The van der Waals surface area contributed by atoms with Crippen LogP contribution in [0, 0.1) is 0 Å². The van der Waals surface area contributed by atoms with Gasteiger partial charge in [0.1, 0.15) is 4.83 Å². The number of hydrogen-bond acceptors (Lipinski definition) is 4. The first-order valence-electron chi connectivity index (χ1n) is 7.16. The second-order valence-corrected chi connectivity index (χ2v) is 6.77. The van der Waals surface area contributed by atoms with E-state index in [1.165, 1.54) is 29.7 Å². The zero-order chi connectivity index (χ0) is 13.0. The lowest BCUT2D eigenvalue weighted by atomic mass is 9.89. The minimum atomic E-state index is -0.417. The van der Waals surface area contributed by atoms with Crippen LogP contribution < -0.4 is 5.73 Å². The fraction of sp³-hybridized carbons (Fsp3) is 0.533. The molecule has 1 unspecified atom stereocenters. The van der Waals surface area contributed by atoms with Crippen molar-refractivity contribution in [2.24, 2.45) is 0 Å². The Balaban J connectivity index is 2.04. The molecule has 19 heavy (non-hydrogen) atoms. The van der Waals surface area contributed by atoms with Crippen LogP contribution in [0.15, 0.2) is 0 Å². The summed E-state index contributed by atoms with van der Waals surface area (Å²) in [6.45, 7) is 0. The molecule has 2 heterocycles. The minimum Gasteiger partial charge on any atom is -0.398 e. The van der Waals surface area contributed by atoms with E-state index in [4.69, 9.17) is 10.7 Å². The Morgan fingerprint density at radius 1 is 1.16 bits per heavy atom. The molecular weight excluding hydrogens is 256 g/mol. The Kier molecular flexibility index (Phi) is 2.57. The van der Waals surface area contributed by atoms with Gasteiger partial charge in [-0.2, -0.15) is 0 Å². The van der Waals surface area contributed by atoms with Gasteiger partial charge >= 0.3 is 0 Å². The van der Waals surface area contributed by atoms with Gasteiger partial charge in [0.2, 0.25) is 0 Å². The number of rotatable bonds is 0. The quantitative estimate of drug-likeness (QED) is 0.776. The number of anilines is 1. The summed E-state index contributed by atoms with van der Waals surface area (Å²) in [5.74, 6) is 0. The molecule has 0 saturated carbocycles. The summed E-state index contributed by atoms with van der Waals surface area (Å²) in [4.78, 5) is 7.37. The third-order valence-electron chi connectivity index (χ3n) is 4.48. The lowest BCUT2D eigenvalue weighted by Gasteiger charge is -2.23. The van der Waals surface area contributed by atoms with E-state index in [2.05, 4.69) is 0 Å². The Labute approximate surface area is 116 Å². The van der Waals surface area contributed by atoms with E-state index in [-0.39, 0.29) is 0 Å². The first kappa shape index (κ1) is 11.7. The first-order chi connectivity index (χ1) is 9.25. The van der Waals surface area contributed by atoms with Gasteiger partial charge in [0.15, 0.2) is 0 Å². The summed E-state index contributed by atoms with van der Waals surface area (Å²) in [5.41, 5.74) is 10.6. The largest absolute Gasteiger partial charge is 0.398 e. The van der Waals surface area contributed by atoms with Crippen LogP contribution in [-0.2, 0) is 19.3 Å². The number of nitrogens with zero attached hydrogens (tertiary/aromatic N) is 1. The van der Waals surface area contributed by atoms with Crippen molar-refractivity contribution in [3.8, 4) is 0 Å². The highest BCUT2D eigenvalue weighted by Crippen LogP contribution is 2.43. The maximum Gasteiger partial charge on any atom is 0.126 e. The molecule has 0 aromatic carbocycles. The van der Waals surface area contributed by atoms with Gasteiger partial charge in [-0.25, -0.2) is 4.98 Å². The molecule has 3 N–H and O–H groups in total. The van der Waals surface area contributed by atoms with E-state index >= 15 is 0 Å². The highest BCUT2D eigenvalue weighted by molar-refractivity contribution is 7.19. The van der Waals surface area contributed by atoms with E-state index in [0.717, 1.165) is 52.8 Å². The van der Waals surface area contributed by atoms with Crippen LogP contribution >= 0.6 is 11.3 Å². The summed E-state index contributed by atoms with van der Waals surface area (Å²) < 4.78 is 0. The normalized spacial score (nSPS) is 22.3. The van der Waals surface area contributed by atoms with Crippen molar-refractivity contribution in [1.82, 2.24) is 4.98 Å². The average Bonchev–Trinajstić information content (AvgIpc) is 2.77. The lowest BCUT2D eigenvalue weighted by molar-refractivity contribution is 0.156. The second-order valence-electron chi connectivity index (χ2n) is 5.68. The summed E-state index contributed by atoms with van der Waals surface area (Å²) in [6.07, 6.45) is 7.18. The van der Waals surface area contributed by atoms with Gasteiger partial charge in [0.25, 0.3) is 0 Å². The molecule has 2 aromatic rings. The number of fused-ring (bicyclic) bond motifs is 4. The van der Waals surface area contributed by atoms with E-state index in [1.807, 2.05) is 11.3 Å². The van der Waals surface area contributed by atoms with Gasteiger partial charge in [-0.1, -0.05) is 0 Å². The van der Waals surface area contributed by atoms with E-state index in [0.29, 0.717) is 0 Å². The molecule has 0 radical (unpaired) electrons. The summed E-state index contributed by atoms with van der Waals surface area (Å²) in [6, 6.07) is 0. The molecule has 0 fully saturated rings. The number of nitrogen functional groups attached to an aromatic ring is 1. The third kappa shape index (κ3) is 1.63. The number of thiophene rings is 1. The molecule has 100 valence electrons. The average molecular weight is 274 g/mol. The third-order valence-corrected chi connectivity index (χ3v) is 5.67. The van der Waals surface area contributed by atoms with Crippen LogP contribution in [0.3, 0.4) is 0 Å². The zero-order valence-electron chi connectivity index (χ0n) is 10.9. The lowest BCUT2D eigenvalue weighted by Crippen LogP contribution is -2.14. The second kappa shape index (κ2) is 4.18. The first-order valence-corrected chi connectivity index (χ1v) is 7.98. The standard InChI is InChI=1S/C15H18N2OS/c16-14-12-8-4-1-2-7-11(8)19-15(12)17-9-5-3-6-10(18)13(9)14/h10,18H,1-7H2,(H2,16,17). The minimum absolute atomic E-state index is 0.417. The molecule has 0 saturated heterocycles. The highest BCUT2D eigenvalue weighted by Gasteiger charge is 2.27. The fourth-order valence-corrected chi connectivity index (χ4v) is 4.85. The number of aliphatic hydroxyl groups excluding tert-OH is 1. The topological polar surface area (TPSA) is 59.1 Å². The molecule has 0 bridgehead atoms. The fourth-order valence-electron chi connectivity index (χ4n) is 3.55. The van der Waals surface area contributed by atoms with Gasteiger partial charge in [0.05, 0.1) is 6.10 Å². The number of hydrogen-bond donors (Lipinski definition) is 2. The van der Waals surface area contributed by atoms with Crippen molar-refractivity contribution in [3.05, 3.63) is 21.7 Å². The number of aryl methyl sites for hydroxylation is 3. The number of aromatic nitrogens is 1. The maximum atomic E-state index is 10.2. The highest BCUT2D eigenvalue weighted by atomic mass is 32.1. The van der Waals surface area contributed by atoms with Crippen molar-refractivity contribution >= 4 is 27.2 Å². The van der Waals surface area contributed by atoms with Gasteiger partial charge in [-0.15, -0.1) is 11.3 Å². The van der Waals surface area contributed by atoms with E-state index in [1.54, 1.807) is 0 Å². The molecule has 2 aromatic heterocycles. The summed E-state index contributed by atoms with van der Waals surface area (Å²) >= 11 is 1.82. The molecule has 4 rings (SSSR count). The Bertz CT molecular complexity index is 662. The van der Waals surface area contributed by atoms with Crippen LogP contribution in [0.25, 0.3) is 10.2 Å². The predicted octanol–water partition coefficient (Wildman–Crippen LogP) is 3.13. The SMILES string of the molecule is Nc1c2c(nc3sc4c(c13)CCCC4)CCCC2O. The Morgan fingerprint density at radius 3 is 2.89 bits per heavy atom. The van der Waals surface area contributed by atoms with Gasteiger partial charge in [-0.05, 0) is 50.5 Å². The van der Waals surface area contributed by atoms with Gasteiger partial charge in [0, 0.05) is 27.2 Å². The molecule has 3 nitrogen and oxygen atoms in total. The van der Waals surface area contributed by atoms with E-state index < -0.39 is 6.10 Å². The van der Waals surface area contributed by atoms with Crippen LogP contribution in [0.4, 0.5) is 5.69 Å². The molecule has 1 atom stereocenters. The van der Waals surface area contributed by atoms with Crippen LogP contribution in [0.1, 0.15) is 53.5 Å². The number of nitrogens with two attached hydrogens (primary N) is 1. The molecule has 2 aliphatic rings. The molecule has 4 heteroatoms. The molecule has 0 amide bonds. The van der Waals surface area contributed by atoms with Crippen molar-refractivity contribution < 1.29 is 5.11 Å². The van der Waals surface area contributed by atoms with E-state index in [9.17, 15) is 5.11 Å². The molecule has 0 spiro atoms. The smallest absolute Gasteiger partial charge is 0.126 e. The zero-order valence-corrected chi connectivity index (χ0v) is 11.7. The maximum absolute atomic E-state index is 10.2. The summed E-state index contributed by atoms with van der Waals surface area (Å²) in [5, 5.41) is 11.4. The predicted molar refractivity (Wildman–Crippen MR) is 78.6 cm³/mol. The Hall–Kier alpha value is -1.13. The van der Waals surface area contributed by atoms with Crippen LogP contribution in [0.2, 0.25) is 0 Å². The molecule has 2 aliphatic carbocycles. The van der Waals surface area contributed by atoms with Crippen molar-refractivity contribution in [3.63, 3.8) is 0 Å². The van der Waals surface area contributed by atoms with Crippen LogP contribution in [0.5, 0.6) is 0 Å². The number of pyridine rings is 1.